The van der Waals surface area contributed by atoms with E-state index in [2.05, 4.69) is 19.1 Å². The van der Waals surface area contributed by atoms with Crippen LogP contribution in [0.25, 0.3) is 0 Å². The predicted octanol–water partition coefficient (Wildman–Crippen LogP) is 1.68. The van der Waals surface area contributed by atoms with Crippen molar-refractivity contribution in [2.45, 2.75) is 25.8 Å². The average Bonchev–Trinajstić information content (AvgIpc) is 2.69. The Kier molecular flexibility index (Phi) is 3.54. The molecule has 1 saturated heterocycles. The summed E-state index contributed by atoms with van der Waals surface area (Å²) in [6, 6.07) is 8.03. The number of aryl methyl sites for hydroxylation is 1. The van der Waals surface area contributed by atoms with Gasteiger partial charge in [-0.15, -0.1) is 0 Å². The van der Waals surface area contributed by atoms with E-state index in [0.29, 0.717) is 12.2 Å². The van der Waals surface area contributed by atoms with Crippen LogP contribution in [-0.2, 0) is 16.3 Å². The molecule has 0 saturated carbocycles. The van der Waals surface area contributed by atoms with Gasteiger partial charge in [-0.1, -0.05) is 31.2 Å². The molecule has 0 aliphatic carbocycles. The lowest BCUT2D eigenvalue weighted by Gasteiger charge is -2.18. The molecule has 1 aliphatic rings. The minimum absolute atomic E-state index is 0.0764. The Morgan fingerprint density at radius 3 is 2.47 bits per heavy atom. The molecule has 1 aliphatic heterocycles. The molecule has 2 atom stereocenters. The lowest BCUT2D eigenvalue weighted by atomic mass is 9.93. The van der Waals surface area contributed by atoms with Crippen molar-refractivity contribution in [2.24, 2.45) is 11.7 Å². The Labute approximate surface area is 103 Å². The second-order valence-electron chi connectivity index (χ2n) is 4.78. The molecule has 0 radical (unpaired) electrons. The van der Waals surface area contributed by atoms with Crippen LogP contribution in [0.1, 0.15) is 30.5 Å². The molecule has 94 valence electrons. The second kappa shape index (κ2) is 4.78. The van der Waals surface area contributed by atoms with Crippen LogP contribution >= 0.6 is 0 Å². The van der Waals surface area contributed by atoms with E-state index < -0.39 is 9.84 Å². The first-order valence-electron chi connectivity index (χ1n) is 6.06. The molecule has 1 aromatic rings. The van der Waals surface area contributed by atoms with Gasteiger partial charge < -0.3 is 5.73 Å². The molecule has 1 aromatic carbocycles. The third-order valence-corrected chi connectivity index (χ3v) is 5.34. The summed E-state index contributed by atoms with van der Waals surface area (Å²) in [6.07, 6.45) is 1.70. The van der Waals surface area contributed by atoms with Crippen molar-refractivity contribution in [1.29, 1.82) is 0 Å². The number of nitrogens with two attached hydrogens (primary N) is 1. The molecule has 3 nitrogen and oxygen atoms in total. The molecule has 0 aromatic heterocycles. The molecule has 2 N–H and O–H groups in total. The minimum atomic E-state index is -2.84. The molecule has 0 bridgehead atoms. The van der Waals surface area contributed by atoms with Crippen molar-refractivity contribution in [1.82, 2.24) is 0 Å². The van der Waals surface area contributed by atoms with Crippen LogP contribution in [0, 0.1) is 5.92 Å². The Balaban J connectivity index is 2.11. The largest absolute Gasteiger partial charge is 0.324 e. The zero-order valence-corrected chi connectivity index (χ0v) is 10.9. The monoisotopic (exact) mass is 253 g/mol. The topological polar surface area (TPSA) is 60.2 Å². The first-order valence-corrected chi connectivity index (χ1v) is 7.89. The molecule has 4 heteroatoms. The van der Waals surface area contributed by atoms with E-state index in [9.17, 15) is 8.42 Å². The van der Waals surface area contributed by atoms with E-state index in [1.165, 1.54) is 5.56 Å². The predicted molar refractivity (Wildman–Crippen MR) is 69.5 cm³/mol. The quantitative estimate of drug-likeness (QED) is 0.891. The number of hydrogen-bond donors (Lipinski definition) is 1. The standard InChI is InChI=1S/C13H19NO2S/c1-2-10-3-5-11(6-4-10)13(14)12-7-8-17(15,16)9-12/h3-6,12-13H,2,7-9,14H2,1H3. The third-order valence-electron chi connectivity index (χ3n) is 3.55. The molecule has 0 spiro atoms. The molecule has 2 unspecified atom stereocenters. The summed E-state index contributed by atoms with van der Waals surface area (Å²) in [5, 5.41) is 0. The lowest BCUT2D eigenvalue weighted by Crippen LogP contribution is -2.22. The normalized spacial score (nSPS) is 24.7. The van der Waals surface area contributed by atoms with Crippen LogP contribution in [0.4, 0.5) is 0 Å². The summed E-state index contributed by atoms with van der Waals surface area (Å²) in [5.41, 5.74) is 8.47. The lowest BCUT2D eigenvalue weighted by molar-refractivity contribution is 0.480. The fraction of sp³-hybridized carbons (Fsp3) is 0.538. The first-order chi connectivity index (χ1) is 8.02. The maximum atomic E-state index is 11.4. The van der Waals surface area contributed by atoms with Gasteiger partial charge in [0.15, 0.2) is 9.84 Å². The molecular formula is C13H19NO2S. The van der Waals surface area contributed by atoms with Crippen LogP contribution in [0.2, 0.25) is 0 Å². The fourth-order valence-electron chi connectivity index (χ4n) is 2.35. The van der Waals surface area contributed by atoms with Gasteiger partial charge in [-0.25, -0.2) is 8.42 Å². The molecule has 1 fully saturated rings. The highest BCUT2D eigenvalue weighted by Gasteiger charge is 2.32. The van der Waals surface area contributed by atoms with Gasteiger partial charge in [0, 0.05) is 6.04 Å². The van der Waals surface area contributed by atoms with Crippen molar-refractivity contribution >= 4 is 9.84 Å². The van der Waals surface area contributed by atoms with Gasteiger partial charge in [-0.3, -0.25) is 0 Å². The smallest absolute Gasteiger partial charge is 0.150 e. The zero-order chi connectivity index (χ0) is 12.5. The molecule has 0 amide bonds. The van der Waals surface area contributed by atoms with E-state index in [0.717, 1.165) is 12.0 Å². The highest BCUT2D eigenvalue weighted by atomic mass is 32.2. The van der Waals surface area contributed by atoms with Crippen molar-refractivity contribution < 1.29 is 8.42 Å². The summed E-state index contributed by atoms with van der Waals surface area (Å²) >= 11 is 0. The van der Waals surface area contributed by atoms with Crippen molar-refractivity contribution in [3.8, 4) is 0 Å². The zero-order valence-electron chi connectivity index (χ0n) is 10.1. The van der Waals surface area contributed by atoms with Crippen LogP contribution in [-0.4, -0.2) is 19.9 Å². The van der Waals surface area contributed by atoms with Crippen molar-refractivity contribution in [3.05, 3.63) is 35.4 Å². The number of rotatable bonds is 3. The van der Waals surface area contributed by atoms with Crippen LogP contribution in [0.15, 0.2) is 24.3 Å². The average molecular weight is 253 g/mol. The third kappa shape index (κ3) is 2.87. The van der Waals surface area contributed by atoms with Gasteiger partial charge in [0.25, 0.3) is 0 Å². The van der Waals surface area contributed by atoms with E-state index in [1.54, 1.807) is 0 Å². The van der Waals surface area contributed by atoms with E-state index >= 15 is 0 Å². The first kappa shape index (κ1) is 12.6. The maximum absolute atomic E-state index is 11.4. The van der Waals surface area contributed by atoms with Gasteiger partial charge in [0.05, 0.1) is 11.5 Å². The van der Waals surface area contributed by atoms with Gasteiger partial charge in [0.1, 0.15) is 0 Å². The Bertz CT molecular complexity index is 479. The van der Waals surface area contributed by atoms with Crippen LogP contribution in [0.5, 0.6) is 0 Å². The SMILES string of the molecule is CCc1ccc(C(N)C2CCS(=O)(=O)C2)cc1. The summed E-state index contributed by atoms with van der Waals surface area (Å²) in [7, 11) is -2.84. The Morgan fingerprint density at radius 1 is 1.35 bits per heavy atom. The summed E-state index contributed by atoms with van der Waals surface area (Å²) in [6.45, 7) is 2.11. The number of benzene rings is 1. The van der Waals surface area contributed by atoms with E-state index in [1.807, 2.05) is 12.1 Å². The fourth-order valence-corrected chi connectivity index (χ4v) is 4.21. The minimum Gasteiger partial charge on any atom is -0.324 e. The van der Waals surface area contributed by atoms with Gasteiger partial charge >= 0.3 is 0 Å². The van der Waals surface area contributed by atoms with Crippen molar-refractivity contribution in [3.63, 3.8) is 0 Å². The number of sulfone groups is 1. The molecular weight excluding hydrogens is 234 g/mol. The summed E-state index contributed by atoms with van der Waals surface area (Å²) in [4.78, 5) is 0. The number of hydrogen-bond acceptors (Lipinski definition) is 3. The highest BCUT2D eigenvalue weighted by Crippen LogP contribution is 2.29. The molecule has 17 heavy (non-hydrogen) atoms. The van der Waals surface area contributed by atoms with Gasteiger partial charge in [-0.05, 0) is 29.9 Å². The maximum Gasteiger partial charge on any atom is 0.150 e. The van der Waals surface area contributed by atoms with Crippen LogP contribution < -0.4 is 5.73 Å². The summed E-state index contributed by atoms with van der Waals surface area (Å²) < 4.78 is 22.8. The van der Waals surface area contributed by atoms with E-state index in [4.69, 9.17) is 5.73 Å². The van der Waals surface area contributed by atoms with E-state index in [-0.39, 0.29) is 17.7 Å². The summed E-state index contributed by atoms with van der Waals surface area (Å²) in [5.74, 6) is 0.606. The van der Waals surface area contributed by atoms with Gasteiger partial charge in [-0.2, -0.15) is 0 Å². The van der Waals surface area contributed by atoms with Crippen molar-refractivity contribution in [2.75, 3.05) is 11.5 Å². The van der Waals surface area contributed by atoms with Crippen LogP contribution in [0.3, 0.4) is 0 Å². The Hall–Kier alpha value is -0.870. The van der Waals surface area contributed by atoms with Gasteiger partial charge in [0.2, 0.25) is 0 Å². The second-order valence-corrected chi connectivity index (χ2v) is 7.01. The highest BCUT2D eigenvalue weighted by molar-refractivity contribution is 7.91. The molecule has 1 heterocycles. The molecule has 2 rings (SSSR count). The Morgan fingerprint density at radius 2 is 2.00 bits per heavy atom.